The van der Waals surface area contributed by atoms with E-state index in [0.717, 1.165) is 30.7 Å². The van der Waals surface area contributed by atoms with Gasteiger partial charge in [0.2, 0.25) is 0 Å². The summed E-state index contributed by atoms with van der Waals surface area (Å²) in [5.41, 5.74) is -0.153. The molecule has 0 saturated carbocycles. The summed E-state index contributed by atoms with van der Waals surface area (Å²) in [6, 6.07) is 0.919. The van der Waals surface area contributed by atoms with E-state index >= 15 is 0 Å². The molecule has 1 aliphatic rings. The van der Waals surface area contributed by atoms with Crippen molar-refractivity contribution in [2.24, 2.45) is 5.41 Å². The van der Waals surface area contributed by atoms with E-state index in [1.54, 1.807) is 13.8 Å². The minimum Gasteiger partial charge on any atom is -0.756 e. The average Bonchev–Trinajstić information content (AvgIpc) is 3.08. The van der Waals surface area contributed by atoms with Crippen molar-refractivity contribution in [3.05, 3.63) is 56.4 Å². The lowest BCUT2D eigenvalue weighted by Crippen LogP contribution is -2.37. The van der Waals surface area contributed by atoms with Crippen molar-refractivity contribution in [1.29, 1.82) is 0 Å². The van der Waals surface area contributed by atoms with Crippen LogP contribution >= 0.6 is 23.5 Å². The van der Waals surface area contributed by atoms with Gasteiger partial charge in [-0.05, 0) is 32.1 Å². The molecule has 1 fully saturated rings. The van der Waals surface area contributed by atoms with Crippen molar-refractivity contribution >= 4 is 23.5 Å². The van der Waals surface area contributed by atoms with E-state index in [0.29, 0.717) is 10.1 Å². The third-order valence-corrected chi connectivity index (χ3v) is 9.98. The van der Waals surface area contributed by atoms with Gasteiger partial charge >= 0.3 is 5.69 Å². The van der Waals surface area contributed by atoms with Gasteiger partial charge in [-0.3, -0.25) is 28.0 Å². The Hall–Kier alpha value is -1.55. The number of aliphatic hydroxyl groups is 2. The molecule has 2 rings (SSSR count). The minimum atomic E-state index is -6.12. The Labute approximate surface area is 241 Å². The van der Waals surface area contributed by atoms with E-state index in [-0.39, 0.29) is 5.41 Å². The highest BCUT2D eigenvalue weighted by Crippen LogP contribution is 2.63. The lowest BCUT2D eigenvalue weighted by atomic mass is 9.90. The molecule has 2 heterocycles. The molecular formula is C22H34N2O15P3-3. The molecule has 0 aliphatic carbocycles. The Bertz CT molecular complexity index is 1410. The monoisotopic (exact) mass is 659 g/mol. The molecule has 1 saturated heterocycles. The predicted octanol–water partition coefficient (Wildman–Crippen LogP) is 0.346. The number of aromatic nitrogens is 2. The third-order valence-electron chi connectivity index (χ3n) is 5.85. The van der Waals surface area contributed by atoms with Crippen LogP contribution in [0.25, 0.3) is 0 Å². The van der Waals surface area contributed by atoms with E-state index in [4.69, 9.17) is 4.74 Å². The van der Waals surface area contributed by atoms with E-state index in [2.05, 4.69) is 38.4 Å². The molecule has 1 aromatic rings. The van der Waals surface area contributed by atoms with Crippen molar-refractivity contribution in [2.45, 2.75) is 72.0 Å². The highest BCUT2D eigenvalue weighted by atomic mass is 31.3. The molecule has 7 unspecified atom stereocenters. The molecule has 0 radical (unpaired) electrons. The van der Waals surface area contributed by atoms with Crippen LogP contribution in [0.4, 0.5) is 0 Å². The van der Waals surface area contributed by atoms with Crippen LogP contribution < -0.4 is 25.9 Å². The van der Waals surface area contributed by atoms with Gasteiger partial charge in [-0.25, -0.2) is 13.4 Å². The number of phosphoric ester groups is 2. The molecule has 42 heavy (non-hydrogen) atoms. The Morgan fingerprint density at radius 3 is 2.14 bits per heavy atom. The van der Waals surface area contributed by atoms with Crippen LogP contribution in [0.5, 0.6) is 0 Å². The first-order valence-corrected chi connectivity index (χ1v) is 16.8. The highest BCUT2D eigenvalue weighted by molar-refractivity contribution is 7.65. The van der Waals surface area contributed by atoms with Crippen molar-refractivity contribution in [2.75, 3.05) is 13.2 Å². The topological polar surface area (TPSA) is 262 Å². The Morgan fingerprint density at radius 2 is 1.57 bits per heavy atom. The number of nitrogens with one attached hydrogen (secondary N) is 1. The Morgan fingerprint density at radius 1 is 1.00 bits per heavy atom. The zero-order chi connectivity index (χ0) is 32.1. The maximum atomic E-state index is 12.0. The number of hydrogen-bond acceptors (Lipinski definition) is 15. The van der Waals surface area contributed by atoms with Gasteiger partial charge in [0.15, 0.2) is 6.23 Å². The maximum absolute atomic E-state index is 12.0. The Balaban J connectivity index is 1.92. The van der Waals surface area contributed by atoms with Gasteiger partial charge in [0, 0.05) is 12.3 Å². The molecule has 0 aromatic carbocycles. The van der Waals surface area contributed by atoms with Crippen LogP contribution in [0.2, 0.25) is 0 Å². The first-order valence-electron chi connectivity index (χ1n) is 12.4. The number of ether oxygens (including phenoxy) is 1. The van der Waals surface area contributed by atoms with Gasteiger partial charge in [-0.15, -0.1) is 0 Å². The lowest BCUT2D eigenvalue weighted by Gasteiger charge is -2.34. The van der Waals surface area contributed by atoms with Gasteiger partial charge in [0.25, 0.3) is 29.0 Å². The molecule has 1 aliphatic heterocycles. The standard InChI is InChI=1S/C22H37N2O15P3/c1-14(7-6-10-22(3,4)5)15(2)9-12-35-40(29,30)38-42(33,34)39-41(31,32)36-13-16-18(26)19(27)20(37-16)24-11-8-17(25)23-21(24)28/h7-9,11,16,18-20,26-27H,6,10,12-13H2,1-5H3,(H,29,30)(H,31,32)(H,33,34)(H,23,25,28)/p-3/b14-7+,15-9+. The number of allylic oxidation sites excluding steroid dienone is 3. The van der Waals surface area contributed by atoms with Crippen LogP contribution in [0.3, 0.4) is 0 Å². The van der Waals surface area contributed by atoms with E-state index in [9.17, 15) is 48.2 Å². The summed E-state index contributed by atoms with van der Waals surface area (Å²) in [5, 5.41) is 20.3. The largest absolute Gasteiger partial charge is 0.756 e. The van der Waals surface area contributed by atoms with Crippen LogP contribution in [-0.4, -0.2) is 51.3 Å². The summed E-state index contributed by atoms with van der Waals surface area (Å²) in [5.74, 6) is 0. The molecule has 17 nitrogen and oxygen atoms in total. The van der Waals surface area contributed by atoms with E-state index in [1.807, 2.05) is 11.1 Å². The molecule has 240 valence electrons. The number of rotatable bonds is 14. The van der Waals surface area contributed by atoms with Gasteiger partial charge in [0.05, 0.1) is 13.2 Å². The third kappa shape index (κ3) is 11.9. The van der Waals surface area contributed by atoms with E-state index in [1.165, 1.54) is 6.08 Å². The molecule has 0 amide bonds. The van der Waals surface area contributed by atoms with Gasteiger partial charge in [-0.1, -0.05) is 44.1 Å². The minimum absolute atomic E-state index is 0.127. The van der Waals surface area contributed by atoms with Crippen LogP contribution in [0.15, 0.2) is 45.2 Å². The number of aliphatic hydroxyl groups excluding tert-OH is 2. The fraction of sp³-hybridized carbons (Fsp3) is 0.636. The summed E-state index contributed by atoms with van der Waals surface area (Å²) < 4.78 is 58.2. The molecule has 0 bridgehead atoms. The van der Waals surface area contributed by atoms with Crippen molar-refractivity contribution < 1.29 is 61.0 Å². The Kier molecular flexibility index (Phi) is 12.6. The van der Waals surface area contributed by atoms with Crippen LogP contribution in [0, 0.1) is 5.41 Å². The summed E-state index contributed by atoms with van der Waals surface area (Å²) in [6.45, 7) is 7.99. The van der Waals surface area contributed by atoms with Crippen LogP contribution in [-0.2, 0) is 36.1 Å². The highest BCUT2D eigenvalue weighted by Gasteiger charge is 2.44. The number of hydrogen-bond donors (Lipinski definition) is 3. The molecule has 7 atom stereocenters. The molecule has 1 aromatic heterocycles. The number of nitrogens with zero attached hydrogens (tertiary/aromatic N) is 1. The second kappa shape index (κ2) is 14.5. The quantitative estimate of drug-likeness (QED) is 0.180. The number of phosphoric acid groups is 3. The summed E-state index contributed by atoms with van der Waals surface area (Å²) >= 11 is 0. The van der Waals surface area contributed by atoms with Gasteiger partial charge in [0.1, 0.15) is 18.3 Å². The van der Waals surface area contributed by atoms with Gasteiger partial charge < -0.3 is 38.7 Å². The second-order valence-corrected chi connectivity index (χ2v) is 15.0. The summed E-state index contributed by atoms with van der Waals surface area (Å²) in [4.78, 5) is 61.0. The molecule has 3 N–H and O–H groups in total. The first kappa shape index (κ1) is 36.6. The number of H-pyrrole nitrogens is 1. The van der Waals surface area contributed by atoms with Crippen molar-refractivity contribution in [3.8, 4) is 0 Å². The molecular weight excluding hydrogens is 625 g/mol. The SMILES string of the molecule is CC(=C\CCC(C)(C)C)/C(C)=C/COP(=O)([O-])OP(=O)([O-])OP(=O)([O-])OCC1OC(n2ccc(=O)[nH]c2=O)C(O)C1O. The predicted molar refractivity (Wildman–Crippen MR) is 140 cm³/mol. The van der Waals surface area contributed by atoms with E-state index < -0.39 is 72.5 Å². The average molecular weight is 659 g/mol. The normalized spacial score (nSPS) is 26.4. The summed E-state index contributed by atoms with van der Waals surface area (Å²) in [6.07, 6.45) is -0.913. The van der Waals surface area contributed by atoms with Crippen LogP contribution in [0.1, 0.15) is 53.7 Å². The fourth-order valence-electron chi connectivity index (χ4n) is 3.49. The maximum Gasteiger partial charge on any atom is 0.330 e. The number of aromatic amines is 1. The zero-order valence-corrected chi connectivity index (χ0v) is 26.1. The molecule has 0 spiro atoms. The fourth-order valence-corrected chi connectivity index (χ4v) is 6.80. The van der Waals surface area contributed by atoms with Crippen molar-refractivity contribution in [3.63, 3.8) is 0 Å². The zero-order valence-electron chi connectivity index (χ0n) is 23.4. The van der Waals surface area contributed by atoms with Gasteiger partial charge in [-0.2, -0.15) is 0 Å². The lowest BCUT2D eigenvalue weighted by molar-refractivity contribution is -0.251. The molecule has 20 heteroatoms. The first-order chi connectivity index (χ1) is 19.1. The smallest absolute Gasteiger partial charge is 0.330 e. The van der Waals surface area contributed by atoms with Crippen molar-refractivity contribution in [1.82, 2.24) is 9.55 Å². The summed E-state index contributed by atoms with van der Waals surface area (Å²) in [7, 11) is -17.6. The second-order valence-electron chi connectivity index (χ2n) is 10.5.